The van der Waals surface area contributed by atoms with Crippen LogP contribution in [0.15, 0.2) is 36.3 Å². The van der Waals surface area contributed by atoms with E-state index in [2.05, 4.69) is 10.8 Å². The van der Waals surface area contributed by atoms with Gasteiger partial charge in [-0.05, 0) is 24.3 Å². The first-order chi connectivity index (χ1) is 8.43. The second kappa shape index (κ2) is 6.53. The summed E-state index contributed by atoms with van der Waals surface area (Å²) >= 11 is -2.37. The van der Waals surface area contributed by atoms with Gasteiger partial charge in [0.25, 0.3) is 0 Å². The number of hydrogen-bond acceptors (Lipinski definition) is 5. The summed E-state index contributed by atoms with van der Waals surface area (Å²) in [4.78, 5) is 0. The van der Waals surface area contributed by atoms with Crippen LogP contribution in [0.3, 0.4) is 0 Å². The van der Waals surface area contributed by atoms with Gasteiger partial charge >= 0.3 is 11.4 Å². The van der Waals surface area contributed by atoms with E-state index in [1.165, 1.54) is 24.3 Å². The Balaban J connectivity index is 2.49. The minimum atomic E-state index is -3.27. The third-order valence-corrected chi connectivity index (χ3v) is 3.46. The summed E-state index contributed by atoms with van der Waals surface area (Å²) in [6.45, 7) is 3.19. The Hall–Kier alpha value is -1.38. The first-order valence-electron chi connectivity index (χ1n) is 4.80. The molecule has 0 fully saturated rings. The first kappa shape index (κ1) is 14.7. The molecule has 1 rings (SSSR count). The molecule has 0 heterocycles. The lowest BCUT2D eigenvalue weighted by molar-refractivity contribution is 0.340. The molecule has 0 bridgehead atoms. The molecule has 8 heteroatoms. The number of sulfone groups is 1. The Morgan fingerprint density at radius 2 is 1.83 bits per heavy atom. The topological polar surface area (TPSA) is 89.9 Å². The van der Waals surface area contributed by atoms with Gasteiger partial charge in [0.15, 0.2) is 9.84 Å². The molecule has 6 nitrogen and oxygen atoms in total. The van der Waals surface area contributed by atoms with Gasteiger partial charge in [-0.25, -0.2) is 8.42 Å². The quantitative estimate of drug-likeness (QED) is 0.758. The Kier molecular flexibility index (Phi) is 5.32. The zero-order valence-electron chi connectivity index (χ0n) is 9.31. The maximum Gasteiger partial charge on any atom is 0.357 e. The third kappa shape index (κ3) is 5.30. The van der Waals surface area contributed by atoms with Crippen LogP contribution >= 0.6 is 0 Å². The van der Waals surface area contributed by atoms with Crippen LogP contribution in [0.4, 0.5) is 0 Å². The molecule has 100 valence electrons. The van der Waals surface area contributed by atoms with Crippen LogP contribution in [0.25, 0.3) is 0 Å². The molecule has 0 aliphatic carbocycles. The van der Waals surface area contributed by atoms with E-state index in [0.717, 1.165) is 5.41 Å². The molecule has 0 amide bonds. The Labute approximate surface area is 108 Å². The van der Waals surface area contributed by atoms with Crippen molar-refractivity contribution in [1.29, 1.82) is 0 Å². The summed E-state index contributed by atoms with van der Waals surface area (Å²) in [7, 11) is -3.27. The molecule has 1 aromatic carbocycles. The van der Waals surface area contributed by atoms with Gasteiger partial charge in [0.2, 0.25) is 0 Å². The predicted molar refractivity (Wildman–Crippen MR) is 67.3 cm³/mol. The first-order valence-corrected chi connectivity index (χ1v) is 7.55. The predicted octanol–water partition coefficient (Wildman–Crippen LogP) is 1.14. The highest BCUT2D eigenvalue weighted by molar-refractivity contribution is 7.94. The molecule has 0 aromatic heterocycles. The molecule has 0 aliphatic rings. The van der Waals surface area contributed by atoms with Crippen LogP contribution in [0.1, 0.15) is 0 Å². The maximum atomic E-state index is 11.1. The maximum absolute atomic E-state index is 11.1. The summed E-state index contributed by atoms with van der Waals surface area (Å²) in [5.41, 5.74) is 0. The van der Waals surface area contributed by atoms with Crippen molar-refractivity contribution in [2.24, 2.45) is 0 Å². The smallest absolute Gasteiger partial charge is 0.357 e. The fourth-order valence-electron chi connectivity index (χ4n) is 1.03. The highest BCUT2D eigenvalue weighted by Crippen LogP contribution is 2.18. The standard InChI is InChI=1S/C10H12O6S2/c1-2-18(13,14)8-7-15-9-3-5-10(6-4-9)16-17(11)12/h2-6H,1,7-8H2,(H,11,12). The molecule has 1 unspecified atom stereocenters. The molecule has 0 aliphatic heterocycles. The van der Waals surface area contributed by atoms with Crippen molar-refractivity contribution in [3.63, 3.8) is 0 Å². The number of benzene rings is 1. The molecule has 0 saturated carbocycles. The monoisotopic (exact) mass is 292 g/mol. The number of hydrogen-bond donors (Lipinski definition) is 1. The molecule has 1 aromatic rings. The fraction of sp³-hybridized carbons (Fsp3) is 0.200. The van der Waals surface area contributed by atoms with E-state index < -0.39 is 21.2 Å². The molecule has 0 spiro atoms. The van der Waals surface area contributed by atoms with Gasteiger partial charge in [0.05, 0.1) is 5.75 Å². The number of ether oxygens (including phenoxy) is 1. The summed E-state index contributed by atoms with van der Waals surface area (Å²) in [6.07, 6.45) is 0. The molecule has 0 saturated heterocycles. The summed E-state index contributed by atoms with van der Waals surface area (Å²) in [5.74, 6) is 0.488. The van der Waals surface area contributed by atoms with Crippen molar-refractivity contribution < 1.29 is 26.1 Å². The van der Waals surface area contributed by atoms with E-state index in [4.69, 9.17) is 9.29 Å². The average molecular weight is 292 g/mol. The average Bonchev–Trinajstić information content (AvgIpc) is 2.30. The molecule has 1 N–H and O–H groups in total. The zero-order valence-corrected chi connectivity index (χ0v) is 10.9. The van der Waals surface area contributed by atoms with Gasteiger partial charge in [-0.1, -0.05) is 6.58 Å². The van der Waals surface area contributed by atoms with E-state index in [1.54, 1.807) is 0 Å². The minimum absolute atomic E-state index is 0.000484. The fourth-order valence-corrected chi connectivity index (χ4v) is 1.79. The minimum Gasteiger partial charge on any atom is -0.493 e. The van der Waals surface area contributed by atoms with Crippen LogP contribution in [-0.4, -0.2) is 29.5 Å². The zero-order chi connectivity index (χ0) is 13.6. The normalized spacial score (nSPS) is 12.7. The van der Waals surface area contributed by atoms with Crippen molar-refractivity contribution in [3.8, 4) is 11.5 Å². The van der Waals surface area contributed by atoms with Gasteiger partial charge in [-0.2, -0.15) is 4.21 Å². The highest BCUT2D eigenvalue weighted by atomic mass is 32.2. The van der Waals surface area contributed by atoms with Gasteiger partial charge in [-0.3, -0.25) is 4.55 Å². The Morgan fingerprint density at radius 1 is 1.28 bits per heavy atom. The Bertz CT molecular complexity index is 520. The number of rotatable bonds is 7. The molecule has 1 atom stereocenters. The van der Waals surface area contributed by atoms with Crippen LogP contribution < -0.4 is 8.92 Å². The van der Waals surface area contributed by atoms with E-state index in [9.17, 15) is 12.6 Å². The third-order valence-electron chi connectivity index (χ3n) is 1.88. The summed E-state index contributed by atoms with van der Waals surface area (Å²) in [6, 6.07) is 5.88. The molecular formula is C10H12O6S2. The lowest BCUT2D eigenvalue weighted by Gasteiger charge is -2.06. The second-order valence-electron chi connectivity index (χ2n) is 3.15. The van der Waals surface area contributed by atoms with Crippen LogP contribution in [-0.2, 0) is 21.2 Å². The molecule has 18 heavy (non-hydrogen) atoms. The van der Waals surface area contributed by atoms with E-state index in [0.29, 0.717) is 5.75 Å². The van der Waals surface area contributed by atoms with Gasteiger partial charge in [-0.15, -0.1) is 0 Å². The SMILES string of the molecule is C=CS(=O)(=O)CCOc1ccc(OS(=O)O)cc1. The second-order valence-corrected chi connectivity index (χ2v) is 5.82. The van der Waals surface area contributed by atoms with Crippen molar-refractivity contribution in [2.75, 3.05) is 12.4 Å². The van der Waals surface area contributed by atoms with E-state index >= 15 is 0 Å². The van der Waals surface area contributed by atoms with Gasteiger partial charge in [0.1, 0.15) is 18.1 Å². The van der Waals surface area contributed by atoms with Gasteiger partial charge in [0, 0.05) is 5.41 Å². The van der Waals surface area contributed by atoms with Crippen molar-refractivity contribution in [2.45, 2.75) is 0 Å². The molecular weight excluding hydrogens is 280 g/mol. The van der Waals surface area contributed by atoms with E-state index in [1.807, 2.05) is 0 Å². The van der Waals surface area contributed by atoms with Gasteiger partial charge < -0.3 is 8.92 Å². The van der Waals surface area contributed by atoms with E-state index in [-0.39, 0.29) is 18.1 Å². The summed E-state index contributed by atoms with van der Waals surface area (Å²) in [5, 5.41) is 0.879. The largest absolute Gasteiger partial charge is 0.493 e. The van der Waals surface area contributed by atoms with Crippen LogP contribution in [0, 0.1) is 0 Å². The molecule has 0 radical (unpaired) electrons. The van der Waals surface area contributed by atoms with Crippen molar-refractivity contribution in [3.05, 3.63) is 36.3 Å². The lowest BCUT2D eigenvalue weighted by atomic mass is 10.3. The van der Waals surface area contributed by atoms with Crippen LogP contribution in [0.5, 0.6) is 11.5 Å². The highest BCUT2D eigenvalue weighted by Gasteiger charge is 2.05. The summed E-state index contributed by atoms with van der Waals surface area (Å²) < 4.78 is 50.7. The van der Waals surface area contributed by atoms with Crippen molar-refractivity contribution >= 4 is 21.2 Å². The Morgan fingerprint density at radius 3 is 2.33 bits per heavy atom. The lowest BCUT2D eigenvalue weighted by Crippen LogP contribution is -2.11. The van der Waals surface area contributed by atoms with Crippen molar-refractivity contribution in [1.82, 2.24) is 0 Å². The van der Waals surface area contributed by atoms with Crippen LogP contribution in [0.2, 0.25) is 0 Å².